The number of methoxy groups -OCH3 is 1. The zero-order chi connectivity index (χ0) is 21.6. The van der Waals surface area contributed by atoms with E-state index >= 15 is 0 Å². The van der Waals surface area contributed by atoms with E-state index in [1.54, 1.807) is 19.2 Å². The van der Waals surface area contributed by atoms with E-state index in [1.807, 2.05) is 24.3 Å². The van der Waals surface area contributed by atoms with Gasteiger partial charge >= 0.3 is 0 Å². The van der Waals surface area contributed by atoms with Gasteiger partial charge < -0.3 is 20.2 Å². The van der Waals surface area contributed by atoms with E-state index in [-0.39, 0.29) is 17.7 Å². The first kappa shape index (κ1) is 20.5. The zero-order valence-corrected chi connectivity index (χ0v) is 17.3. The van der Waals surface area contributed by atoms with E-state index < -0.39 is 0 Å². The average Bonchev–Trinajstić information content (AvgIpc) is 3.21. The van der Waals surface area contributed by atoms with Crippen molar-refractivity contribution in [3.05, 3.63) is 71.6 Å². The molecular formula is C20H18FN7O2S. The number of nitrogens with one attached hydrogen (secondary N) is 1. The normalized spacial score (nSPS) is 10.8. The Hall–Kier alpha value is -3.73. The lowest BCUT2D eigenvalue weighted by molar-refractivity contribution is 0.413. The maximum Gasteiger partial charge on any atom is 0.277 e. The summed E-state index contributed by atoms with van der Waals surface area (Å²) in [4.78, 5) is 12.5. The Kier molecular flexibility index (Phi) is 6.22. The Morgan fingerprint density at radius 3 is 2.55 bits per heavy atom. The van der Waals surface area contributed by atoms with E-state index in [0.717, 1.165) is 11.3 Å². The van der Waals surface area contributed by atoms with Crippen molar-refractivity contribution in [1.29, 1.82) is 0 Å². The molecule has 0 radical (unpaired) electrons. The summed E-state index contributed by atoms with van der Waals surface area (Å²) in [5, 5.41) is 11.5. The van der Waals surface area contributed by atoms with Crippen molar-refractivity contribution in [3.63, 3.8) is 0 Å². The number of nitrogens with two attached hydrogens (primary N) is 1. The van der Waals surface area contributed by atoms with Gasteiger partial charge in [-0.05, 0) is 42.0 Å². The van der Waals surface area contributed by atoms with E-state index in [0.29, 0.717) is 34.8 Å². The third-order valence-corrected chi connectivity index (χ3v) is 4.90. The molecule has 0 saturated heterocycles. The zero-order valence-electron chi connectivity index (χ0n) is 16.4. The second kappa shape index (κ2) is 9.39. The Bertz CT molecular complexity index is 1150. The molecule has 2 aromatic heterocycles. The first-order chi connectivity index (χ1) is 15.1. The Balaban J connectivity index is 1.37. The average molecular weight is 439 g/mol. The van der Waals surface area contributed by atoms with Crippen LogP contribution in [-0.4, -0.2) is 32.3 Å². The number of benzene rings is 2. The summed E-state index contributed by atoms with van der Waals surface area (Å²) in [5.74, 6) is 2.09. The van der Waals surface area contributed by atoms with Crippen molar-refractivity contribution in [2.24, 2.45) is 0 Å². The summed E-state index contributed by atoms with van der Waals surface area (Å²) in [7, 11) is 1.62. The highest BCUT2D eigenvalue weighted by Crippen LogP contribution is 2.23. The topological polar surface area (TPSA) is 125 Å². The van der Waals surface area contributed by atoms with Gasteiger partial charge in [-0.1, -0.05) is 23.9 Å². The summed E-state index contributed by atoms with van der Waals surface area (Å²) < 4.78 is 23.9. The van der Waals surface area contributed by atoms with Gasteiger partial charge in [0, 0.05) is 5.69 Å². The van der Waals surface area contributed by atoms with Crippen LogP contribution in [0.5, 0.6) is 5.75 Å². The number of rotatable bonds is 8. The van der Waals surface area contributed by atoms with Crippen molar-refractivity contribution >= 4 is 29.3 Å². The summed E-state index contributed by atoms with van der Waals surface area (Å²) in [5.41, 5.74) is 7.45. The molecule has 0 fully saturated rings. The minimum Gasteiger partial charge on any atom is -0.497 e. The molecule has 11 heteroatoms. The molecule has 158 valence electrons. The van der Waals surface area contributed by atoms with E-state index in [4.69, 9.17) is 14.9 Å². The highest BCUT2D eigenvalue weighted by molar-refractivity contribution is 7.98. The molecule has 0 aliphatic heterocycles. The van der Waals surface area contributed by atoms with Gasteiger partial charge in [-0.15, -0.1) is 10.2 Å². The number of anilines is 3. The van der Waals surface area contributed by atoms with Crippen LogP contribution < -0.4 is 15.8 Å². The molecule has 9 nitrogen and oxygen atoms in total. The van der Waals surface area contributed by atoms with E-state index in [1.165, 1.54) is 23.9 Å². The number of hydrogen-bond donors (Lipinski definition) is 2. The smallest absolute Gasteiger partial charge is 0.277 e. The molecule has 0 bridgehead atoms. The van der Waals surface area contributed by atoms with E-state index in [2.05, 4.69) is 30.5 Å². The molecule has 0 amide bonds. The SMILES string of the molecule is COc1ccc(Cc2nnc(SCc3nc(N)nc(Nc4ccc(F)cc4)n3)o2)cc1. The molecule has 0 spiro atoms. The number of nitrogens with zero attached hydrogens (tertiary/aromatic N) is 5. The van der Waals surface area contributed by atoms with Crippen LogP contribution in [0, 0.1) is 5.82 Å². The van der Waals surface area contributed by atoms with Crippen molar-refractivity contribution in [2.45, 2.75) is 17.4 Å². The lowest BCUT2D eigenvalue weighted by Crippen LogP contribution is -2.06. The van der Waals surface area contributed by atoms with Gasteiger partial charge in [0.25, 0.3) is 5.22 Å². The standard InChI is InChI=1S/C20H18FN7O2S/c1-29-15-8-2-12(3-9-15)10-17-27-28-20(30-17)31-11-16-24-18(22)26-19(25-16)23-14-6-4-13(21)5-7-14/h2-9H,10-11H2,1H3,(H3,22,23,24,25,26). The minimum atomic E-state index is -0.330. The molecule has 31 heavy (non-hydrogen) atoms. The van der Waals surface area contributed by atoms with Gasteiger partial charge in [0.1, 0.15) is 17.4 Å². The minimum absolute atomic E-state index is 0.0703. The van der Waals surface area contributed by atoms with Crippen LogP contribution in [0.1, 0.15) is 17.3 Å². The summed E-state index contributed by atoms with van der Waals surface area (Å²) in [6, 6.07) is 13.5. The molecule has 2 heterocycles. The van der Waals surface area contributed by atoms with Crippen LogP contribution in [0.15, 0.2) is 58.2 Å². The predicted octanol–water partition coefficient (Wildman–Crippen LogP) is 3.61. The number of aromatic nitrogens is 5. The van der Waals surface area contributed by atoms with Gasteiger partial charge in [0.2, 0.25) is 17.8 Å². The molecule has 4 aromatic rings. The van der Waals surface area contributed by atoms with Crippen molar-refractivity contribution in [1.82, 2.24) is 25.1 Å². The van der Waals surface area contributed by atoms with Crippen molar-refractivity contribution < 1.29 is 13.5 Å². The highest BCUT2D eigenvalue weighted by atomic mass is 32.2. The molecule has 0 saturated carbocycles. The number of hydrogen-bond acceptors (Lipinski definition) is 10. The second-order valence-electron chi connectivity index (χ2n) is 6.34. The molecule has 0 aliphatic rings. The van der Waals surface area contributed by atoms with Crippen LogP contribution in [0.4, 0.5) is 22.0 Å². The van der Waals surface area contributed by atoms with Crippen LogP contribution >= 0.6 is 11.8 Å². The molecule has 0 atom stereocenters. The van der Waals surface area contributed by atoms with Crippen LogP contribution in [-0.2, 0) is 12.2 Å². The number of nitrogen functional groups attached to an aromatic ring is 1. The maximum absolute atomic E-state index is 13.1. The molecular weight excluding hydrogens is 421 g/mol. The lowest BCUT2D eigenvalue weighted by Gasteiger charge is -2.06. The third-order valence-electron chi connectivity index (χ3n) is 4.09. The van der Waals surface area contributed by atoms with Crippen molar-refractivity contribution in [2.75, 3.05) is 18.2 Å². The van der Waals surface area contributed by atoms with Crippen LogP contribution in [0.3, 0.4) is 0 Å². The lowest BCUT2D eigenvalue weighted by atomic mass is 10.1. The first-order valence-corrected chi connectivity index (χ1v) is 10.2. The van der Waals surface area contributed by atoms with Crippen molar-refractivity contribution in [3.8, 4) is 5.75 Å². The fraction of sp³-hybridized carbons (Fsp3) is 0.150. The summed E-state index contributed by atoms with van der Waals surface area (Å²) in [6.45, 7) is 0. The molecule has 0 unspecified atom stereocenters. The molecule has 2 aromatic carbocycles. The monoisotopic (exact) mass is 439 g/mol. The number of ether oxygens (including phenoxy) is 1. The fourth-order valence-electron chi connectivity index (χ4n) is 2.63. The Labute approximate surface area is 181 Å². The Morgan fingerprint density at radius 2 is 1.81 bits per heavy atom. The second-order valence-corrected chi connectivity index (χ2v) is 7.27. The number of halogens is 1. The van der Waals surface area contributed by atoms with Gasteiger partial charge in [-0.25, -0.2) is 4.39 Å². The van der Waals surface area contributed by atoms with Gasteiger partial charge in [0.15, 0.2) is 0 Å². The highest BCUT2D eigenvalue weighted by Gasteiger charge is 2.11. The molecule has 4 rings (SSSR count). The van der Waals surface area contributed by atoms with Gasteiger partial charge in [0.05, 0.1) is 19.3 Å². The van der Waals surface area contributed by atoms with Crippen LogP contribution in [0.25, 0.3) is 0 Å². The summed E-state index contributed by atoms with van der Waals surface area (Å²) in [6.07, 6.45) is 0.516. The predicted molar refractivity (Wildman–Crippen MR) is 114 cm³/mol. The quantitative estimate of drug-likeness (QED) is 0.393. The van der Waals surface area contributed by atoms with Gasteiger partial charge in [-0.3, -0.25) is 0 Å². The fourth-order valence-corrected chi connectivity index (χ4v) is 3.27. The van der Waals surface area contributed by atoms with E-state index in [9.17, 15) is 4.39 Å². The summed E-state index contributed by atoms with van der Waals surface area (Å²) >= 11 is 1.29. The Morgan fingerprint density at radius 1 is 1.03 bits per heavy atom. The molecule has 3 N–H and O–H groups in total. The van der Waals surface area contributed by atoms with Gasteiger partial charge in [-0.2, -0.15) is 15.0 Å². The first-order valence-electron chi connectivity index (χ1n) is 9.18. The molecule has 0 aliphatic carbocycles. The number of thioether (sulfide) groups is 1. The largest absolute Gasteiger partial charge is 0.497 e. The maximum atomic E-state index is 13.1. The van der Waals surface area contributed by atoms with Crippen LogP contribution in [0.2, 0.25) is 0 Å². The third kappa shape index (κ3) is 5.66.